The van der Waals surface area contributed by atoms with Gasteiger partial charge in [0.05, 0.1) is 6.61 Å². The van der Waals surface area contributed by atoms with Crippen LogP contribution in [0.2, 0.25) is 0 Å². The summed E-state index contributed by atoms with van der Waals surface area (Å²) in [6.07, 6.45) is -4.31. The fraction of sp³-hybridized carbons (Fsp3) is 0.571. The van der Waals surface area contributed by atoms with Crippen LogP contribution in [-0.4, -0.2) is 21.7 Å². The lowest BCUT2D eigenvalue weighted by molar-refractivity contribution is -0.141. The van der Waals surface area contributed by atoms with E-state index in [0.29, 0.717) is 0 Å². The first kappa shape index (κ1) is 10.0. The van der Waals surface area contributed by atoms with Crippen LogP contribution in [0.25, 0.3) is 0 Å². The van der Waals surface area contributed by atoms with Gasteiger partial charge in [0, 0.05) is 12.1 Å². The van der Waals surface area contributed by atoms with Crippen LogP contribution in [-0.2, 0) is 12.6 Å². The maximum Gasteiger partial charge on any atom is 0.435 e. The van der Waals surface area contributed by atoms with Crippen molar-refractivity contribution in [1.29, 1.82) is 0 Å². The molecule has 6 heteroatoms. The van der Waals surface area contributed by atoms with Crippen molar-refractivity contribution in [1.82, 2.24) is 9.97 Å². The lowest BCUT2D eigenvalue weighted by atomic mass is 10.3. The van der Waals surface area contributed by atoms with E-state index < -0.39 is 11.9 Å². The van der Waals surface area contributed by atoms with Crippen LogP contribution >= 0.6 is 0 Å². The first-order valence-electron chi connectivity index (χ1n) is 3.68. The standard InChI is InChI=1S/C7H9F3N2O/c1-4-6(7(8,9)10)12-5(11-4)2-3-13/h13H,2-3H2,1H3,(H,11,12). The van der Waals surface area contributed by atoms with Gasteiger partial charge in [-0.15, -0.1) is 0 Å². The van der Waals surface area contributed by atoms with Gasteiger partial charge in [-0.2, -0.15) is 13.2 Å². The largest absolute Gasteiger partial charge is 0.435 e. The molecule has 3 nitrogen and oxygen atoms in total. The lowest BCUT2D eigenvalue weighted by Gasteiger charge is -2.01. The molecule has 0 bridgehead atoms. The van der Waals surface area contributed by atoms with Gasteiger partial charge in [0.1, 0.15) is 5.82 Å². The summed E-state index contributed by atoms with van der Waals surface area (Å²) in [6, 6.07) is 0. The number of nitrogens with one attached hydrogen (secondary N) is 1. The number of H-pyrrole nitrogens is 1. The summed E-state index contributed by atoms with van der Waals surface area (Å²) in [6.45, 7) is 1.08. The number of hydrogen-bond acceptors (Lipinski definition) is 2. The van der Waals surface area contributed by atoms with Gasteiger partial charge in [-0.25, -0.2) is 4.98 Å². The van der Waals surface area contributed by atoms with Crippen molar-refractivity contribution in [3.8, 4) is 0 Å². The Morgan fingerprint density at radius 3 is 2.46 bits per heavy atom. The average molecular weight is 194 g/mol. The number of aromatic amines is 1. The van der Waals surface area contributed by atoms with E-state index in [2.05, 4.69) is 9.97 Å². The molecular formula is C7H9F3N2O. The highest BCUT2D eigenvalue weighted by molar-refractivity contribution is 5.16. The van der Waals surface area contributed by atoms with E-state index >= 15 is 0 Å². The molecule has 0 aliphatic carbocycles. The third-order valence-corrected chi connectivity index (χ3v) is 1.55. The average Bonchev–Trinajstić information content (AvgIpc) is 2.30. The van der Waals surface area contributed by atoms with Gasteiger partial charge in [-0.3, -0.25) is 0 Å². The van der Waals surface area contributed by atoms with Crippen LogP contribution < -0.4 is 0 Å². The van der Waals surface area contributed by atoms with Crippen LogP contribution in [0.15, 0.2) is 0 Å². The number of aliphatic hydroxyl groups is 1. The number of aryl methyl sites for hydroxylation is 1. The second-order valence-corrected chi connectivity index (χ2v) is 2.63. The Bertz CT molecular complexity index is 292. The van der Waals surface area contributed by atoms with E-state index in [1.165, 1.54) is 6.92 Å². The van der Waals surface area contributed by atoms with Gasteiger partial charge in [-0.05, 0) is 6.92 Å². The smallest absolute Gasteiger partial charge is 0.396 e. The molecular weight excluding hydrogens is 185 g/mol. The van der Waals surface area contributed by atoms with Gasteiger partial charge in [-0.1, -0.05) is 0 Å². The van der Waals surface area contributed by atoms with Crippen molar-refractivity contribution in [3.05, 3.63) is 17.2 Å². The predicted molar refractivity (Wildman–Crippen MR) is 39.1 cm³/mol. The zero-order valence-electron chi connectivity index (χ0n) is 6.94. The molecule has 74 valence electrons. The highest BCUT2D eigenvalue weighted by Crippen LogP contribution is 2.29. The summed E-state index contributed by atoms with van der Waals surface area (Å²) in [5.41, 5.74) is -0.924. The molecule has 0 saturated heterocycles. The molecule has 1 rings (SSSR count). The highest BCUT2D eigenvalue weighted by atomic mass is 19.4. The molecule has 0 radical (unpaired) electrons. The zero-order valence-corrected chi connectivity index (χ0v) is 6.94. The van der Waals surface area contributed by atoms with E-state index in [1.54, 1.807) is 0 Å². The SMILES string of the molecule is Cc1[nH]c(CCO)nc1C(F)(F)F. The fourth-order valence-electron chi connectivity index (χ4n) is 1.02. The van der Waals surface area contributed by atoms with E-state index in [4.69, 9.17) is 5.11 Å². The minimum atomic E-state index is -4.42. The minimum absolute atomic E-state index is 0.0176. The van der Waals surface area contributed by atoms with E-state index in [-0.39, 0.29) is 24.5 Å². The van der Waals surface area contributed by atoms with Gasteiger partial charge < -0.3 is 10.1 Å². The summed E-state index contributed by atoms with van der Waals surface area (Å²) in [5, 5.41) is 8.48. The van der Waals surface area contributed by atoms with E-state index in [1.807, 2.05) is 0 Å². The lowest BCUT2D eigenvalue weighted by Crippen LogP contribution is -2.07. The molecule has 0 amide bonds. The number of rotatable bonds is 2. The monoisotopic (exact) mass is 194 g/mol. The number of halogens is 3. The van der Waals surface area contributed by atoms with Crippen molar-refractivity contribution in [2.24, 2.45) is 0 Å². The number of aliphatic hydroxyl groups excluding tert-OH is 1. The molecule has 0 spiro atoms. The van der Waals surface area contributed by atoms with Gasteiger partial charge in [0.2, 0.25) is 0 Å². The maximum atomic E-state index is 12.2. The molecule has 0 fully saturated rings. The van der Waals surface area contributed by atoms with Gasteiger partial charge in [0.25, 0.3) is 0 Å². The van der Waals surface area contributed by atoms with Crippen molar-refractivity contribution >= 4 is 0 Å². The minimum Gasteiger partial charge on any atom is -0.396 e. The number of aromatic nitrogens is 2. The molecule has 2 N–H and O–H groups in total. The van der Waals surface area contributed by atoms with Gasteiger partial charge >= 0.3 is 6.18 Å². The molecule has 1 aromatic heterocycles. The Morgan fingerprint density at radius 2 is 2.08 bits per heavy atom. The molecule has 0 atom stereocenters. The fourth-order valence-corrected chi connectivity index (χ4v) is 1.02. The van der Waals surface area contributed by atoms with Crippen molar-refractivity contribution in [2.75, 3.05) is 6.61 Å². The van der Waals surface area contributed by atoms with Crippen LogP contribution in [0, 0.1) is 6.92 Å². The van der Waals surface area contributed by atoms with Crippen molar-refractivity contribution < 1.29 is 18.3 Å². The van der Waals surface area contributed by atoms with Crippen molar-refractivity contribution in [2.45, 2.75) is 19.5 Å². The third-order valence-electron chi connectivity index (χ3n) is 1.55. The molecule has 0 aliphatic rings. The Balaban J connectivity index is 2.96. The van der Waals surface area contributed by atoms with Crippen LogP contribution in [0.4, 0.5) is 13.2 Å². The number of hydrogen-bond donors (Lipinski definition) is 2. The number of imidazole rings is 1. The van der Waals surface area contributed by atoms with Gasteiger partial charge in [0.15, 0.2) is 5.69 Å². The van der Waals surface area contributed by atoms with Crippen LogP contribution in [0.5, 0.6) is 0 Å². The number of nitrogens with zero attached hydrogens (tertiary/aromatic N) is 1. The summed E-state index contributed by atoms with van der Waals surface area (Å²) < 4.78 is 36.5. The summed E-state index contributed by atoms with van der Waals surface area (Å²) in [5.74, 6) is 0.160. The zero-order chi connectivity index (χ0) is 10.1. The Labute approximate surface area is 72.6 Å². The number of alkyl halides is 3. The Morgan fingerprint density at radius 1 is 1.46 bits per heavy atom. The first-order chi connectivity index (χ1) is 5.95. The summed E-state index contributed by atoms with van der Waals surface area (Å²) in [7, 11) is 0. The first-order valence-corrected chi connectivity index (χ1v) is 3.68. The van der Waals surface area contributed by atoms with Crippen molar-refractivity contribution in [3.63, 3.8) is 0 Å². The summed E-state index contributed by atoms with van der Waals surface area (Å²) >= 11 is 0. The Hall–Kier alpha value is -1.04. The molecule has 0 aromatic carbocycles. The quantitative estimate of drug-likeness (QED) is 0.744. The molecule has 0 unspecified atom stereocenters. The molecule has 13 heavy (non-hydrogen) atoms. The van der Waals surface area contributed by atoms with Crippen LogP contribution in [0.1, 0.15) is 17.2 Å². The van der Waals surface area contributed by atoms with Crippen LogP contribution in [0.3, 0.4) is 0 Å². The molecule has 0 aliphatic heterocycles. The molecule has 1 aromatic rings. The highest BCUT2D eigenvalue weighted by Gasteiger charge is 2.35. The Kier molecular flexibility index (Phi) is 2.60. The molecule has 0 saturated carbocycles. The normalized spacial score (nSPS) is 12.1. The summed E-state index contributed by atoms with van der Waals surface area (Å²) in [4.78, 5) is 5.79. The molecule has 1 heterocycles. The third kappa shape index (κ3) is 2.21. The predicted octanol–water partition coefficient (Wildman–Crippen LogP) is 1.27. The second-order valence-electron chi connectivity index (χ2n) is 2.63. The van der Waals surface area contributed by atoms with E-state index in [0.717, 1.165) is 0 Å². The maximum absolute atomic E-state index is 12.2. The topological polar surface area (TPSA) is 48.9 Å². The van der Waals surface area contributed by atoms with E-state index in [9.17, 15) is 13.2 Å². The second kappa shape index (κ2) is 3.37.